The molecular formula is C18H15F3N4O2S. The third-order valence-electron chi connectivity index (χ3n) is 4.18. The maximum atomic E-state index is 12.5. The Morgan fingerprint density at radius 3 is 2.39 bits per heavy atom. The minimum Gasteiger partial charge on any atom is -0.325 e. The van der Waals surface area contributed by atoms with Crippen molar-refractivity contribution < 1.29 is 22.8 Å². The van der Waals surface area contributed by atoms with Crippen LogP contribution in [0.3, 0.4) is 0 Å². The third kappa shape index (κ3) is 4.46. The van der Waals surface area contributed by atoms with Gasteiger partial charge in [-0.15, -0.1) is 0 Å². The van der Waals surface area contributed by atoms with Crippen LogP contribution >= 0.6 is 11.8 Å². The summed E-state index contributed by atoms with van der Waals surface area (Å²) in [6, 6.07) is 7.82. The lowest BCUT2D eigenvalue weighted by Gasteiger charge is -2.34. The van der Waals surface area contributed by atoms with Gasteiger partial charge in [-0.1, -0.05) is 25.6 Å². The Labute approximate surface area is 163 Å². The number of hydrogen-bond donors (Lipinski definition) is 2. The third-order valence-corrected chi connectivity index (χ3v) is 5.18. The molecule has 1 aromatic rings. The molecule has 1 aliphatic heterocycles. The lowest BCUT2D eigenvalue weighted by Crippen LogP contribution is -2.44. The topological polar surface area (TPSA) is 106 Å². The van der Waals surface area contributed by atoms with E-state index in [9.17, 15) is 28.0 Å². The van der Waals surface area contributed by atoms with Gasteiger partial charge in [0.1, 0.15) is 5.92 Å². The smallest absolute Gasteiger partial charge is 0.325 e. The Morgan fingerprint density at radius 2 is 1.89 bits per heavy atom. The van der Waals surface area contributed by atoms with Crippen LogP contribution in [0.25, 0.3) is 0 Å². The van der Waals surface area contributed by atoms with Gasteiger partial charge in [-0.05, 0) is 24.3 Å². The molecule has 0 saturated carbocycles. The van der Waals surface area contributed by atoms with Crippen molar-refractivity contribution in [2.45, 2.75) is 20.0 Å². The first kappa shape index (κ1) is 21.3. The fourth-order valence-electron chi connectivity index (χ4n) is 2.61. The molecule has 28 heavy (non-hydrogen) atoms. The minimum atomic E-state index is -4.47. The van der Waals surface area contributed by atoms with Crippen LogP contribution in [0.4, 0.5) is 18.9 Å². The molecule has 10 heteroatoms. The number of amides is 2. The van der Waals surface area contributed by atoms with E-state index in [1.54, 1.807) is 13.8 Å². The van der Waals surface area contributed by atoms with Crippen LogP contribution in [0.5, 0.6) is 0 Å². The van der Waals surface area contributed by atoms with Crippen LogP contribution in [0, 0.1) is 34.0 Å². The molecular weight excluding hydrogens is 393 g/mol. The molecule has 0 saturated heterocycles. The van der Waals surface area contributed by atoms with Crippen LogP contribution in [0.2, 0.25) is 0 Å². The van der Waals surface area contributed by atoms with Gasteiger partial charge < -0.3 is 10.6 Å². The maximum absolute atomic E-state index is 12.5. The van der Waals surface area contributed by atoms with E-state index in [-0.39, 0.29) is 22.0 Å². The SMILES string of the molecule is CC1(C)C(C#N)=C(SCC(=O)Nc2ccc(C(F)(F)F)cc2)NC(=O)[C@H]1C#N. The molecule has 0 fully saturated rings. The normalized spacial score (nSPS) is 18.7. The van der Waals surface area contributed by atoms with Gasteiger partial charge in [0.15, 0.2) is 0 Å². The highest BCUT2D eigenvalue weighted by Crippen LogP contribution is 2.41. The number of carbonyl (C=O) groups excluding carboxylic acids is 2. The molecule has 0 bridgehead atoms. The molecule has 2 rings (SSSR count). The zero-order chi connectivity index (χ0) is 21.1. The summed E-state index contributed by atoms with van der Waals surface area (Å²) in [7, 11) is 0. The van der Waals surface area contributed by atoms with Crippen molar-refractivity contribution in [2.75, 3.05) is 11.1 Å². The monoisotopic (exact) mass is 408 g/mol. The van der Waals surface area contributed by atoms with Crippen molar-refractivity contribution in [3.8, 4) is 12.1 Å². The van der Waals surface area contributed by atoms with E-state index in [1.807, 2.05) is 12.1 Å². The summed E-state index contributed by atoms with van der Waals surface area (Å²) in [5.74, 6) is -2.30. The summed E-state index contributed by atoms with van der Waals surface area (Å²) in [5, 5.41) is 23.7. The number of thioether (sulfide) groups is 1. The molecule has 1 heterocycles. The second kappa shape index (κ2) is 7.95. The van der Waals surface area contributed by atoms with Gasteiger partial charge in [-0.25, -0.2) is 0 Å². The number of nitrogens with zero attached hydrogens (tertiary/aromatic N) is 2. The first-order valence-electron chi connectivity index (χ1n) is 7.96. The zero-order valence-electron chi connectivity index (χ0n) is 14.8. The molecule has 6 nitrogen and oxygen atoms in total. The number of halogens is 3. The van der Waals surface area contributed by atoms with Crippen molar-refractivity contribution in [3.63, 3.8) is 0 Å². The average Bonchev–Trinajstić information content (AvgIpc) is 2.59. The van der Waals surface area contributed by atoms with E-state index in [4.69, 9.17) is 5.26 Å². The molecule has 0 unspecified atom stereocenters. The summed E-state index contributed by atoms with van der Waals surface area (Å²) < 4.78 is 37.6. The maximum Gasteiger partial charge on any atom is 0.416 e. The second-order valence-electron chi connectivity index (χ2n) is 6.50. The number of allylic oxidation sites excluding steroid dienone is 1. The summed E-state index contributed by atoms with van der Waals surface area (Å²) in [6.07, 6.45) is -4.47. The van der Waals surface area contributed by atoms with Crippen molar-refractivity contribution >= 4 is 29.3 Å². The molecule has 2 amide bonds. The molecule has 2 N–H and O–H groups in total. The van der Waals surface area contributed by atoms with Gasteiger partial charge >= 0.3 is 6.18 Å². The Bertz CT molecular complexity index is 909. The fourth-order valence-corrected chi connectivity index (χ4v) is 3.59. The molecule has 0 radical (unpaired) electrons. The number of carbonyl (C=O) groups is 2. The molecule has 0 aliphatic carbocycles. The number of anilines is 1. The number of hydrogen-bond acceptors (Lipinski definition) is 5. The summed E-state index contributed by atoms with van der Waals surface area (Å²) in [5.41, 5.74) is -1.47. The fraction of sp³-hybridized carbons (Fsp3) is 0.333. The quantitative estimate of drug-likeness (QED) is 0.794. The lowest BCUT2D eigenvalue weighted by atomic mass is 9.72. The molecule has 1 atom stereocenters. The number of nitriles is 2. The van der Waals surface area contributed by atoms with Gasteiger partial charge in [-0.2, -0.15) is 23.7 Å². The number of rotatable bonds is 4. The van der Waals surface area contributed by atoms with Crippen LogP contribution < -0.4 is 10.6 Å². The highest BCUT2D eigenvalue weighted by molar-refractivity contribution is 8.03. The van der Waals surface area contributed by atoms with E-state index in [2.05, 4.69) is 10.6 Å². The minimum absolute atomic E-state index is 0.185. The summed E-state index contributed by atoms with van der Waals surface area (Å²) in [6.45, 7) is 3.20. The van der Waals surface area contributed by atoms with Crippen molar-refractivity contribution in [3.05, 3.63) is 40.4 Å². The predicted octanol–water partition coefficient (Wildman–Crippen LogP) is 3.41. The lowest BCUT2D eigenvalue weighted by molar-refractivity contribution is -0.137. The van der Waals surface area contributed by atoms with Crippen molar-refractivity contribution in [1.29, 1.82) is 10.5 Å². The van der Waals surface area contributed by atoms with Crippen LogP contribution in [0.1, 0.15) is 19.4 Å². The van der Waals surface area contributed by atoms with Gasteiger partial charge in [0.05, 0.1) is 34.1 Å². The van der Waals surface area contributed by atoms with Gasteiger partial charge in [0, 0.05) is 11.1 Å². The first-order chi connectivity index (χ1) is 13.0. The van der Waals surface area contributed by atoms with Crippen LogP contribution in [-0.4, -0.2) is 17.6 Å². The highest BCUT2D eigenvalue weighted by Gasteiger charge is 2.44. The molecule has 1 aliphatic rings. The average molecular weight is 408 g/mol. The second-order valence-corrected chi connectivity index (χ2v) is 7.49. The Balaban J connectivity index is 2.08. The summed E-state index contributed by atoms with van der Waals surface area (Å²) in [4.78, 5) is 24.1. The van der Waals surface area contributed by atoms with Crippen molar-refractivity contribution in [1.82, 2.24) is 5.32 Å². The highest BCUT2D eigenvalue weighted by atomic mass is 32.2. The standard InChI is InChI=1S/C18H15F3N4O2S/c1-17(2)12(7-22)15(27)25-16(13(17)8-23)28-9-14(26)24-11-5-3-10(4-6-11)18(19,20)21/h3-6,12H,9H2,1-2H3,(H,24,26)(H,25,27)/t12-/m1/s1. The number of benzene rings is 1. The molecule has 146 valence electrons. The molecule has 1 aromatic carbocycles. The van der Waals surface area contributed by atoms with Crippen molar-refractivity contribution in [2.24, 2.45) is 11.3 Å². The van der Waals surface area contributed by atoms with Gasteiger partial charge in [0.25, 0.3) is 0 Å². The van der Waals surface area contributed by atoms with Crippen LogP contribution in [-0.2, 0) is 15.8 Å². The van der Waals surface area contributed by atoms with E-state index >= 15 is 0 Å². The van der Waals surface area contributed by atoms with Crippen LogP contribution in [0.15, 0.2) is 34.9 Å². The Hall–Kier alpha value is -2.98. The number of nitrogens with one attached hydrogen (secondary N) is 2. The van der Waals surface area contributed by atoms with Gasteiger partial charge in [0.2, 0.25) is 11.8 Å². The van der Waals surface area contributed by atoms with Gasteiger partial charge in [-0.3, -0.25) is 9.59 Å². The van der Waals surface area contributed by atoms with E-state index in [0.717, 1.165) is 36.0 Å². The summed E-state index contributed by atoms with van der Waals surface area (Å²) >= 11 is 0.907. The van der Waals surface area contributed by atoms with E-state index < -0.39 is 34.9 Å². The Kier molecular flexibility index (Phi) is 6.05. The molecule has 0 spiro atoms. The number of alkyl halides is 3. The zero-order valence-corrected chi connectivity index (χ0v) is 15.7. The molecule has 0 aromatic heterocycles. The Morgan fingerprint density at radius 1 is 1.29 bits per heavy atom. The van der Waals surface area contributed by atoms with E-state index in [1.165, 1.54) is 0 Å². The largest absolute Gasteiger partial charge is 0.416 e. The predicted molar refractivity (Wildman–Crippen MR) is 96.2 cm³/mol. The van der Waals surface area contributed by atoms with E-state index in [0.29, 0.717) is 0 Å². The first-order valence-corrected chi connectivity index (χ1v) is 8.94.